The predicted molar refractivity (Wildman–Crippen MR) is 181 cm³/mol. The monoisotopic (exact) mass is 570 g/mol. The van der Waals surface area contributed by atoms with Crippen LogP contribution in [0.3, 0.4) is 0 Å². The molecule has 0 atom stereocenters. The molecule has 0 bridgehead atoms. The van der Waals surface area contributed by atoms with Crippen LogP contribution < -0.4 is 5.73 Å². The second-order valence-corrected chi connectivity index (χ2v) is 13.9. The summed E-state index contributed by atoms with van der Waals surface area (Å²) in [7, 11) is 0. The standard InChI is InChI=1S/C37H76ClN/c1-3-5-7-9-11-13-15-17-19-21-23-25-27-29-31-33-35-37(38,39)36-34-32-30-28-26-24-22-20-18-16-14-12-10-8-6-4-2/h3-36,39H2,1-2H3. The molecule has 0 aliphatic carbocycles. The minimum absolute atomic E-state index is 0.452. The summed E-state index contributed by atoms with van der Waals surface area (Å²) in [6, 6.07) is 0. The summed E-state index contributed by atoms with van der Waals surface area (Å²) in [6.45, 7) is 4.60. The highest BCUT2D eigenvalue weighted by atomic mass is 35.5. The van der Waals surface area contributed by atoms with Gasteiger partial charge in [0.05, 0.1) is 5.00 Å². The van der Waals surface area contributed by atoms with Crippen LogP contribution in [-0.2, 0) is 0 Å². The molecule has 2 N–H and O–H groups in total. The maximum absolute atomic E-state index is 6.64. The van der Waals surface area contributed by atoms with E-state index in [4.69, 9.17) is 17.3 Å². The Labute approximate surface area is 254 Å². The van der Waals surface area contributed by atoms with Gasteiger partial charge in [0.2, 0.25) is 0 Å². The molecule has 0 radical (unpaired) electrons. The van der Waals surface area contributed by atoms with Gasteiger partial charge >= 0.3 is 0 Å². The molecule has 1 nitrogen and oxygen atoms in total. The zero-order valence-corrected chi connectivity index (χ0v) is 28.3. The number of hydrogen-bond acceptors (Lipinski definition) is 1. The summed E-state index contributed by atoms with van der Waals surface area (Å²) >= 11 is 6.64. The van der Waals surface area contributed by atoms with Crippen molar-refractivity contribution in [3.63, 3.8) is 0 Å². The Morgan fingerprint density at radius 3 is 0.641 bits per heavy atom. The zero-order chi connectivity index (χ0) is 28.5. The Hall–Kier alpha value is 0.250. The maximum atomic E-state index is 6.64. The van der Waals surface area contributed by atoms with E-state index in [9.17, 15) is 0 Å². The van der Waals surface area contributed by atoms with Crippen LogP contribution in [0.1, 0.15) is 232 Å². The van der Waals surface area contributed by atoms with Crippen molar-refractivity contribution in [2.45, 2.75) is 237 Å². The van der Waals surface area contributed by atoms with Gasteiger partial charge in [0.15, 0.2) is 0 Å². The smallest absolute Gasteiger partial charge is 0.0910 e. The summed E-state index contributed by atoms with van der Waals surface area (Å²) in [5.41, 5.74) is 6.40. The molecule has 0 fully saturated rings. The van der Waals surface area contributed by atoms with E-state index < -0.39 is 5.00 Å². The highest BCUT2D eigenvalue weighted by Crippen LogP contribution is 2.25. The molecule has 0 rings (SSSR count). The molecule has 236 valence electrons. The van der Waals surface area contributed by atoms with E-state index in [-0.39, 0.29) is 0 Å². The van der Waals surface area contributed by atoms with E-state index in [0.29, 0.717) is 0 Å². The molecular formula is C37H76ClN. The number of halogens is 1. The molecule has 0 amide bonds. The molecule has 0 saturated carbocycles. The fourth-order valence-corrected chi connectivity index (χ4v) is 6.33. The normalized spacial score (nSPS) is 12.0. The second-order valence-electron chi connectivity index (χ2n) is 13.1. The van der Waals surface area contributed by atoms with Gasteiger partial charge in [0.1, 0.15) is 0 Å². The van der Waals surface area contributed by atoms with E-state index in [1.54, 1.807) is 0 Å². The van der Waals surface area contributed by atoms with E-state index in [1.165, 1.54) is 205 Å². The third-order valence-electron chi connectivity index (χ3n) is 8.89. The van der Waals surface area contributed by atoms with Crippen LogP contribution in [0, 0.1) is 0 Å². The molecule has 0 unspecified atom stereocenters. The lowest BCUT2D eigenvalue weighted by Gasteiger charge is -2.22. The van der Waals surface area contributed by atoms with Crippen molar-refractivity contribution in [1.82, 2.24) is 0 Å². The third-order valence-corrected chi connectivity index (χ3v) is 9.27. The predicted octanol–water partition coefficient (Wildman–Crippen LogP) is 14.2. The van der Waals surface area contributed by atoms with Crippen LogP contribution in [0.15, 0.2) is 0 Å². The Balaban J connectivity index is 3.26. The van der Waals surface area contributed by atoms with Gasteiger partial charge in [-0.3, -0.25) is 0 Å². The van der Waals surface area contributed by atoms with Crippen LogP contribution in [0.4, 0.5) is 0 Å². The molecule has 0 heterocycles. The lowest BCUT2D eigenvalue weighted by Crippen LogP contribution is -2.32. The SMILES string of the molecule is CCCCCCCCCCCCCCCCCCC(N)(Cl)CCCCCCCCCCCCCCCCCC. The molecule has 0 aliphatic rings. The van der Waals surface area contributed by atoms with Gasteiger partial charge < -0.3 is 5.73 Å². The summed E-state index contributed by atoms with van der Waals surface area (Å²) < 4.78 is 0. The minimum Gasteiger partial charge on any atom is -0.313 e. The van der Waals surface area contributed by atoms with E-state index in [0.717, 1.165) is 12.8 Å². The molecule has 0 aromatic carbocycles. The third kappa shape index (κ3) is 34.4. The molecule has 0 aliphatic heterocycles. The molecule has 0 saturated heterocycles. The fourth-order valence-electron chi connectivity index (χ4n) is 6.06. The van der Waals surface area contributed by atoms with Crippen molar-refractivity contribution < 1.29 is 0 Å². The summed E-state index contributed by atoms with van der Waals surface area (Å²) in [5, 5.41) is 0. The van der Waals surface area contributed by atoms with E-state index >= 15 is 0 Å². The quantitative estimate of drug-likeness (QED) is 0.0465. The first-order valence-corrected chi connectivity index (χ1v) is 19.0. The van der Waals surface area contributed by atoms with Gasteiger partial charge in [-0.2, -0.15) is 0 Å². The topological polar surface area (TPSA) is 26.0 Å². The van der Waals surface area contributed by atoms with Gasteiger partial charge in [0, 0.05) is 0 Å². The first kappa shape index (κ1) is 39.2. The largest absolute Gasteiger partial charge is 0.313 e. The first-order chi connectivity index (χ1) is 19.1. The van der Waals surface area contributed by atoms with Crippen molar-refractivity contribution in [1.29, 1.82) is 0 Å². The highest BCUT2D eigenvalue weighted by Gasteiger charge is 2.19. The Kier molecular flexibility index (Phi) is 33.0. The van der Waals surface area contributed by atoms with E-state index in [1.807, 2.05) is 0 Å². The number of hydrogen-bond donors (Lipinski definition) is 1. The Morgan fingerprint density at radius 2 is 0.462 bits per heavy atom. The lowest BCUT2D eigenvalue weighted by molar-refractivity contribution is 0.441. The average molecular weight is 570 g/mol. The van der Waals surface area contributed by atoms with E-state index in [2.05, 4.69) is 13.8 Å². The van der Waals surface area contributed by atoms with Gasteiger partial charge in [-0.05, 0) is 12.8 Å². The minimum atomic E-state index is -0.452. The lowest BCUT2D eigenvalue weighted by atomic mass is 9.99. The Morgan fingerprint density at radius 1 is 0.308 bits per heavy atom. The van der Waals surface area contributed by atoms with Crippen molar-refractivity contribution in [3.8, 4) is 0 Å². The summed E-state index contributed by atoms with van der Waals surface area (Å²) in [6.07, 6.45) is 47.2. The average Bonchev–Trinajstić information content (AvgIpc) is 2.92. The van der Waals surface area contributed by atoms with Crippen molar-refractivity contribution in [3.05, 3.63) is 0 Å². The zero-order valence-electron chi connectivity index (χ0n) is 27.5. The van der Waals surface area contributed by atoms with Crippen molar-refractivity contribution >= 4 is 11.6 Å². The van der Waals surface area contributed by atoms with Crippen LogP contribution >= 0.6 is 11.6 Å². The fraction of sp³-hybridized carbons (Fsp3) is 1.00. The molecule has 0 spiro atoms. The second kappa shape index (κ2) is 32.8. The van der Waals surface area contributed by atoms with Crippen LogP contribution in [-0.4, -0.2) is 5.00 Å². The van der Waals surface area contributed by atoms with Crippen LogP contribution in [0.2, 0.25) is 0 Å². The molecule has 39 heavy (non-hydrogen) atoms. The number of unbranched alkanes of at least 4 members (excludes halogenated alkanes) is 30. The Bertz CT molecular complexity index is 397. The van der Waals surface area contributed by atoms with Crippen LogP contribution in [0.5, 0.6) is 0 Å². The summed E-state index contributed by atoms with van der Waals surface area (Å²) in [5.74, 6) is 0. The van der Waals surface area contributed by atoms with Crippen molar-refractivity contribution in [2.24, 2.45) is 5.73 Å². The van der Waals surface area contributed by atoms with Crippen LogP contribution in [0.25, 0.3) is 0 Å². The maximum Gasteiger partial charge on any atom is 0.0910 e. The molecule has 0 aromatic rings. The molecular weight excluding hydrogens is 494 g/mol. The number of alkyl halides is 1. The molecule has 2 heteroatoms. The molecule has 0 aromatic heterocycles. The van der Waals surface area contributed by atoms with Gasteiger partial charge in [-0.15, -0.1) is 11.6 Å². The summed E-state index contributed by atoms with van der Waals surface area (Å²) in [4.78, 5) is -0.452. The van der Waals surface area contributed by atoms with Crippen molar-refractivity contribution in [2.75, 3.05) is 0 Å². The van der Waals surface area contributed by atoms with Gasteiger partial charge in [-0.25, -0.2) is 0 Å². The number of nitrogens with two attached hydrogens (primary N) is 1. The van der Waals surface area contributed by atoms with Gasteiger partial charge in [0.25, 0.3) is 0 Å². The highest BCUT2D eigenvalue weighted by molar-refractivity contribution is 6.23. The number of rotatable bonds is 34. The van der Waals surface area contributed by atoms with Gasteiger partial charge in [-0.1, -0.05) is 219 Å². The first-order valence-electron chi connectivity index (χ1n) is 18.6.